The van der Waals surface area contributed by atoms with E-state index >= 15 is 0 Å². The third-order valence-corrected chi connectivity index (χ3v) is 7.03. The van der Waals surface area contributed by atoms with Crippen LogP contribution in [0.4, 0.5) is 0 Å². The van der Waals surface area contributed by atoms with Crippen LogP contribution in [0.5, 0.6) is 5.75 Å². The molecular weight excluding hydrogens is 434 g/mol. The summed E-state index contributed by atoms with van der Waals surface area (Å²) < 4.78 is 7.22. The van der Waals surface area contributed by atoms with Gasteiger partial charge < -0.3 is 24.6 Å². The van der Waals surface area contributed by atoms with Crippen molar-refractivity contribution in [1.82, 2.24) is 14.8 Å². The third kappa shape index (κ3) is 2.92. The molecule has 1 aromatic heterocycles. The van der Waals surface area contributed by atoms with Gasteiger partial charge in [-0.15, -0.1) is 0 Å². The molecule has 3 aliphatic rings. The summed E-state index contributed by atoms with van der Waals surface area (Å²) in [4.78, 5) is 41.0. The number of carbonyl (C=O) groups excluding carboxylic acids is 2. The topological polar surface area (TPSA) is 101 Å². The first-order chi connectivity index (χ1) is 16.5. The molecule has 2 amide bonds. The van der Waals surface area contributed by atoms with E-state index in [-0.39, 0.29) is 23.8 Å². The zero-order chi connectivity index (χ0) is 23.6. The van der Waals surface area contributed by atoms with E-state index in [0.717, 1.165) is 22.3 Å². The Balaban J connectivity index is 1.38. The van der Waals surface area contributed by atoms with Crippen LogP contribution in [-0.4, -0.2) is 45.3 Å². The van der Waals surface area contributed by atoms with E-state index in [2.05, 4.69) is 5.32 Å². The zero-order valence-corrected chi connectivity index (χ0v) is 18.5. The lowest BCUT2D eigenvalue weighted by atomic mass is 10.0. The fourth-order valence-corrected chi connectivity index (χ4v) is 5.34. The Bertz CT molecular complexity index is 1370. The molecule has 0 spiro atoms. The second-order valence-electron chi connectivity index (χ2n) is 8.98. The largest absolute Gasteiger partial charge is 0.503 e. The molecule has 8 heteroatoms. The van der Waals surface area contributed by atoms with Crippen LogP contribution in [-0.2, 0) is 11.3 Å². The van der Waals surface area contributed by atoms with Crippen LogP contribution in [0.3, 0.4) is 0 Å². The SMILES string of the molecule is C[C@@H]1CCO[C@H]2Cn3cc(C(=O)NC4c5ccccc5-c5ccccc54)c(=O)c(O)c3C(=O)N12. The number of aromatic hydroxyl groups is 1. The number of hydrogen-bond acceptors (Lipinski definition) is 5. The van der Waals surface area contributed by atoms with Gasteiger partial charge in [-0.2, -0.15) is 0 Å². The number of benzene rings is 2. The maximum Gasteiger partial charge on any atom is 0.276 e. The van der Waals surface area contributed by atoms with Gasteiger partial charge in [-0.1, -0.05) is 48.5 Å². The highest BCUT2D eigenvalue weighted by Crippen LogP contribution is 2.43. The van der Waals surface area contributed by atoms with Crippen molar-refractivity contribution in [3.8, 4) is 16.9 Å². The number of aromatic nitrogens is 1. The molecular formula is C26H23N3O5. The maximum absolute atomic E-state index is 13.3. The summed E-state index contributed by atoms with van der Waals surface area (Å²) in [6.45, 7) is 2.66. The van der Waals surface area contributed by atoms with E-state index in [4.69, 9.17) is 4.74 Å². The monoisotopic (exact) mass is 457 g/mol. The first kappa shape index (κ1) is 20.7. The molecule has 2 atom stereocenters. The van der Waals surface area contributed by atoms with Crippen LogP contribution < -0.4 is 10.7 Å². The van der Waals surface area contributed by atoms with Crippen molar-refractivity contribution in [3.63, 3.8) is 0 Å². The van der Waals surface area contributed by atoms with Crippen molar-refractivity contribution in [2.75, 3.05) is 6.61 Å². The summed E-state index contributed by atoms with van der Waals surface area (Å²) in [7, 11) is 0. The molecule has 8 nitrogen and oxygen atoms in total. The molecule has 0 radical (unpaired) electrons. The molecule has 34 heavy (non-hydrogen) atoms. The Morgan fingerprint density at radius 1 is 1.06 bits per heavy atom. The van der Waals surface area contributed by atoms with Crippen LogP contribution in [0, 0.1) is 0 Å². The number of pyridine rings is 1. The minimum Gasteiger partial charge on any atom is -0.503 e. The van der Waals surface area contributed by atoms with Gasteiger partial charge in [0.15, 0.2) is 17.7 Å². The smallest absolute Gasteiger partial charge is 0.276 e. The third-order valence-electron chi connectivity index (χ3n) is 7.03. The molecule has 2 aliphatic heterocycles. The summed E-state index contributed by atoms with van der Waals surface area (Å²) in [6.07, 6.45) is 1.53. The van der Waals surface area contributed by atoms with E-state index < -0.39 is 35.3 Å². The lowest BCUT2D eigenvalue weighted by Gasteiger charge is -2.44. The number of nitrogens with zero attached hydrogens (tertiary/aromatic N) is 2. The van der Waals surface area contributed by atoms with Crippen LogP contribution >= 0.6 is 0 Å². The molecule has 172 valence electrons. The van der Waals surface area contributed by atoms with Gasteiger partial charge in [0.1, 0.15) is 5.56 Å². The fraction of sp³-hybridized carbons (Fsp3) is 0.269. The summed E-state index contributed by atoms with van der Waals surface area (Å²) >= 11 is 0. The van der Waals surface area contributed by atoms with Gasteiger partial charge >= 0.3 is 0 Å². The van der Waals surface area contributed by atoms with Crippen molar-refractivity contribution in [1.29, 1.82) is 0 Å². The average Bonchev–Trinajstić information content (AvgIpc) is 3.15. The lowest BCUT2D eigenvalue weighted by Crippen LogP contribution is -2.57. The number of carbonyl (C=O) groups is 2. The summed E-state index contributed by atoms with van der Waals surface area (Å²) in [5.41, 5.74) is 2.76. The summed E-state index contributed by atoms with van der Waals surface area (Å²) in [6, 6.07) is 15.1. The highest BCUT2D eigenvalue weighted by molar-refractivity contribution is 6.00. The van der Waals surface area contributed by atoms with Gasteiger partial charge in [0.25, 0.3) is 11.8 Å². The predicted molar refractivity (Wildman–Crippen MR) is 124 cm³/mol. The van der Waals surface area contributed by atoms with Crippen molar-refractivity contribution >= 4 is 11.8 Å². The Morgan fingerprint density at radius 2 is 1.71 bits per heavy atom. The molecule has 1 aliphatic carbocycles. The number of amides is 2. The molecule has 6 rings (SSSR count). The second-order valence-corrected chi connectivity index (χ2v) is 8.98. The first-order valence-corrected chi connectivity index (χ1v) is 11.4. The van der Waals surface area contributed by atoms with Gasteiger partial charge in [-0.3, -0.25) is 14.4 Å². The minimum absolute atomic E-state index is 0.0695. The lowest BCUT2D eigenvalue weighted by molar-refractivity contribution is -0.112. The highest BCUT2D eigenvalue weighted by Gasteiger charge is 2.41. The number of hydrogen-bond donors (Lipinski definition) is 2. The van der Waals surface area contributed by atoms with Gasteiger partial charge in [-0.25, -0.2) is 0 Å². The number of ether oxygens (including phenoxy) is 1. The molecule has 2 N–H and O–H groups in total. The quantitative estimate of drug-likeness (QED) is 0.616. The molecule has 2 aromatic carbocycles. The van der Waals surface area contributed by atoms with E-state index in [0.29, 0.717) is 13.0 Å². The van der Waals surface area contributed by atoms with Gasteiger partial charge in [-0.05, 0) is 35.6 Å². The predicted octanol–water partition coefficient (Wildman–Crippen LogP) is 2.64. The first-order valence-electron chi connectivity index (χ1n) is 11.4. The Kier molecular flexibility index (Phi) is 4.60. The number of nitrogens with one attached hydrogen (secondary N) is 1. The second kappa shape index (κ2) is 7.56. The zero-order valence-electron chi connectivity index (χ0n) is 18.5. The molecule has 3 heterocycles. The van der Waals surface area contributed by atoms with Crippen molar-refractivity contribution in [2.45, 2.75) is 38.2 Å². The Labute approximate surface area is 195 Å². The maximum atomic E-state index is 13.3. The van der Waals surface area contributed by atoms with Crippen molar-refractivity contribution in [3.05, 3.63) is 87.3 Å². The molecule has 0 bridgehead atoms. The molecule has 3 aromatic rings. The molecule has 0 saturated carbocycles. The van der Waals surface area contributed by atoms with Gasteiger partial charge in [0.05, 0.1) is 19.2 Å². The average molecular weight is 457 g/mol. The van der Waals surface area contributed by atoms with E-state index in [1.807, 2.05) is 55.5 Å². The molecule has 1 saturated heterocycles. The van der Waals surface area contributed by atoms with Crippen LogP contribution in [0.25, 0.3) is 11.1 Å². The van der Waals surface area contributed by atoms with Gasteiger partial charge in [0.2, 0.25) is 5.43 Å². The highest BCUT2D eigenvalue weighted by atomic mass is 16.5. The Hall–Kier alpha value is -3.91. The van der Waals surface area contributed by atoms with Crippen molar-refractivity contribution < 1.29 is 19.4 Å². The van der Waals surface area contributed by atoms with Crippen LogP contribution in [0.2, 0.25) is 0 Å². The minimum atomic E-state index is -0.860. The number of fused-ring (bicyclic) bond motifs is 5. The fourth-order valence-electron chi connectivity index (χ4n) is 5.34. The van der Waals surface area contributed by atoms with E-state index in [1.165, 1.54) is 10.8 Å². The normalized spacial score (nSPS) is 20.9. The molecule has 1 fully saturated rings. The van der Waals surface area contributed by atoms with E-state index in [1.54, 1.807) is 4.90 Å². The van der Waals surface area contributed by atoms with Gasteiger partial charge in [0, 0.05) is 12.2 Å². The van der Waals surface area contributed by atoms with E-state index in [9.17, 15) is 19.5 Å². The number of rotatable bonds is 2. The van der Waals surface area contributed by atoms with Crippen LogP contribution in [0.15, 0.2) is 59.5 Å². The molecule has 0 unspecified atom stereocenters. The summed E-state index contributed by atoms with van der Waals surface area (Å²) in [5.74, 6) is -1.79. The summed E-state index contributed by atoms with van der Waals surface area (Å²) in [5, 5.41) is 13.7. The van der Waals surface area contributed by atoms with Crippen LogP contribution in [0.1, 0.15) is 51.4 Å². The van der Waals surface area contributed by atoms with Crippen molar-refractivity contribution in [2.24, 2.45) is 0 Å². The standard InChI is InChI=1S/C26H23N3O5/c1-14-10-11-34-20-13-28-12-19(23(30)24(31)22(28)26(33)29(14)20)25(32)27-21-17-8-4-2-6-15(17)16-7-3-5-9-18(16)21/h2-9,12,14,20-21,31H,10-11,13H2,1H3,(H,27,32)/t14-,20+/m1/s1. The Morgan fingerprint density at radius 3 is 2.38 bits per heavy atom.